The molecule has 0 rings (SSSR count). The van der Waals surface area contributed by atoms with Gasteiger partial charge in [0.25, 0.3) is 0 Å². The molecule has 27 heavy (non-hydrogen) atoms. The summed E-state index contributed by atoms with van der Waals surface area (Å²) in [7, 11) is 1.66. The van der Waals surface area contributed by atoms with Crippen molar-refractivity contribution in [2.24, 2.45) is 0 Å². The van der Waals surface area contributed by atoms with Crippen molar-refractivity contribution in [3.8, 4) is 0 Å². The Bertz CT molecular complexity index is 349. The van der Waals surface area contributed by atoms with Crippen molar-refractivity contribution in [1.29, 1.82) is 0 Å². The molecule has 0 amide bonds. The first-order valence-electron chi connectivity index (χ1n) is 7.43. The van der Waals surface area contributed by atoms with Crippen LogP contribution in [-0.4, -0.2) is 58.7 Å². The maximum absolute atomic E-state index is 9.60. The van der Waals surface area contributed by atoms with Crippen LogP contribution in [-0.2, 0) is 40.9 Å². The fourth-order valence-electron chi connectivity index (χ4n) is 0.118. The molecule has 0 saturated heterocycles. The second-order valence-electron chi connectivity index (χ2n) is 4.29. The molecule has 0 aliphatic heterocycles. The van der Waals surface area contributed by atoms with E-state index in [0.717, 1.165) is 6.61 Å². The van der Waals surface area contributed by atoms with Crippen LogP contribution in [0.2, 0.25) is 0 Å². The third kappa shape index (κ3) is 68.4. The average molecular weight is 428 g/mol. The van der Waals surface area contributed by atoms with Crippen LogP contribution in [0.4, 0.5) is 0 Å². The van der Waals surface area contributed by atoms with Crippen LogP contribution in [0, 0.1) is 0 Å². The third-order valence-corrected chi connectivity index (χ3v) is 2.28. The van der Waals surface area contributed by atoms with Gasteiger partial charge >= 0.3 is 65.1 Å². The van der Waals surface area contributed by atoms with Gasteiger partial charge < -0.3 is 20.4 Å². The van der Waals surface area contributed by atoms with E-state index in [1.54, 1.807) is 14.0 Å². The fraction of sp³-hybridized carbons (Fsp3) is 0.471. The number of carboxylic acid groups (broad SMARTS) is 3. The van der Waals surface area contributed by atoms with Crippen LogP contribution in [0.5, 0.6) is 0 Å². The minimum absolute atomic E-state index is 0.176. The molecule has 158 valence electrons. The van der Waals surface area contributed by atoms with Crippen molar-refractivity contribution in [2.45, 2.75) is 34.6 Å². The third-order valence-electron chi connectivity index (χ3n) is 1.38. The van der Waals surface area contributed by atoms with Gasteiger partial charge in [-0.05, 0) is 27.7 Å². The van der Waals surface area contributed by atoms with E-state index < -0.39 is 37.8 Å². The second kappa shape index (κ2) is 29.0. The van der Waals surface area contributed by atoms with Crippen molar-refractivity contribution in [2.75, 3.05) is 20.3 Å². The summed E-state index contributed by atoms with van der Waals surface area (Å²) in [6.07, 6.45) is 0. The predicted molar refractivity (Wildman–Crippen MR) is 98.7 cm³/mol. The quantitative estimate of drug-likeness (QED) is 0.284. The predicted octanol–water partition coefficient (Wildman–Crippen LogP) is 2.52. The zero-order chi connectivity index (χ0) is 23.0. The Morgan fingerprint density at radius 3 is 1.04 bits per heavy atom. The van der Waals surface area contributed by atoms with E-state index in [4.69, 9.17) is 23.7 Å². The van der Waals surface area contributed by atoms with E-state index in [2.05, 4.69) is 23.1 Å². The van der Waals surface area contributed by atoms with Gasteiger partial charge in [0.2, 0.25) is 0 Å². The van der Waals surface area contributed by atoms with E-state index in [1.165, 1.54) is 20.8 Å². The second-order valence-corrected chi connectivity index (χ2v) is 5.64. The van der Waals surface area contributed by atoms with E-state index in [1.807, 2.05) is 6.92 Å². The summed E-state index contributed by atoms with van der Waals surface area (Å²) < 4.78 is 9.57. The van der Waals surface area contributed by atoms with Crippen molar-refractivity contribution in [3.63, 3.8) is 0 Å². The number of carbonyl (C=O) groups is 3. The van der Waals surface area contributed by atoms with E-state index in [0.29, 0.717) is 0 Å². The summed E-state index contributed by atoms with van der Waals surface area (Å²) >= 11 is -0.479. The molecule has 0 aliphatic carbocycles. The molecular formula is C17H32O9Ti. The number of hydrogen-bond acceptors (Lipinski definition) is 6. The van der Waals surface area contributed by atoms with Crippen LogP contribution < -0.4 is 0 Å². The molecule has 0 fully saturated rings. The van der Waals surface area contributed by atoms with Crippen molar-refractivity contribution in [1.82, 2.24) is 0 Å². The van der Waals surface area contributed by atoms with Crippen LogP contribution >= 0.6 is 0 Å². The Labute approximate surface area is 170 Å². The number of hydrogen-bond donors (Lipinski definition) is 4. The summed E-state index contributed by atoms with van der Waals surface area (Å²) in [6.45, 7) is 18.5. The van der Waals surface area contributed by atoms with Gasteiger partial charge in [0.05, 0.1) is 0 Å². The van der Waals surface area contributed by atoms with Crippen molar-refractivity contribution < 1.29 is 61.4 Å². The van der Waals surface area contributed by atoms with Gasteiger partial charge in [0.15, 0.2) is 0 Å². The molecule has 0 aromatic carbocycles. The molecule has 0 spiro atoms. The number of aliphatic carboxylic acids is 3. The molecule has 0 radical (unpaired) electrons. The first-order chi connectivity index (χ1) is 12.3. The van der Waals surface area contributed by atoms with Gasteiger partial charge in [-0.15, -0.1) is 0 Å². The fourth-order valence-corrected chi connectivity index (χ4v) is 0.486. The van der Waals surface area contributed by atoms with Crippen LogP contribution in [0.25, 0.3) is 0 Å². The average Bonchev–Trinajstić information content (AvgIpc) is 2.55. The monoisotopic (exact) mass is 428 g/mol. The van der Waals surface area contributed by atoms with Crippen LogP contribution in [0.15, 0.2) is 36.5 Å². The molecule has 0 saturated carbocycles. The summed E-state index contributed by atoms with van der Waals surface area (Å²) in [5.41, 5.74) is 0.528. The summed E-state index contributed by atoms with van der Waals surface area (Å²) in [6, 6.07) is 0. The van der Waals surface area contributed by atoms with Gasteiger partial charge in [-0.2, -0.15) is 0 Å². The normalized spacial score (nSPS) is 7.52. The summed E-state index contributed by atoms with van der Waals surface area (Å²) in [4.78, 5) is 28.8. The molecule has 0 atom stereocenters. The summed E-state index contributed by atoms with van der Waals surface area (Å²) in [5.74, 6) is -2.81. The zero-order valence-corrected chi connectivity index (χ0v) is 18.4. The van der Waals surface area contributed by atoms with Gasteiger partial charge in [0.1, 0.15) is 0 Å². The van der Waals surface area contributed by atoms with Gasteiger partial charge in [-0.1, -0.05) is 19.7 Å². The zero-order valence-electron chi connectivity index (χ0n) is 16.9. The Morgan fingerprint density at radius 1 is 0.815 bits per heavy atom. The molecular weight excluding hydrogens is 396 g/mol. The Hall–Kier alpha value is -1.78. The maximum atomic E-state index is 9.60. The van der Waals surface area contributed by atoms with Crippen molar-refractivity contribution >= 4 is 17.9 Å². The molecule has 0 heterocycles. The minimum atomic E-state index is -0.935. The van der Waals surface area contributed by atoms with Gasteiger partial charge in [-0.25, -0.2) is 14.4 Å². The Morgan fingerprint density at radius 2 is 1.00 bits per heavy atom. The molecule has 0 unspecified atom stereocenters. The molecule has 9 nitrogen and oxygen atoms in total. The summed E-state index contributed by atoms with van der Waals surface area (Å²) in [5, 5.41) is 31.2. The van der Waals surface area contributed by atoms with E-state index in [-0.39, 0.29) is 23.3 Å². The molecule has 0 aromatic rings. The van der Waals surface area contributed by atoms with Crippen molar-refractivity contribution in [3.05, 3.63) is 36.5 Å². The molecule has 0 bridgehead atoms. The van der Waals surface area contributed by atoms with E-state index >= 15 is 0 Å². The van der Waals surface area contributed by atoms with Gasteiger partial charge in [-0.3, -0.25) is 0 Å². The first kappa shape index (κ1) is 36.2. The number of carboxylic acids is 3. The number of rotatable bonds is 6. The Balaban J connectivity index is -0.0000000760. The topological polar surface area (TPSA) is 151 Å². The molecule has 0 aliphatic rings. The SMILES string of the molecule is C=C(C)C(=O)O.C=C(C)C(=O)O.C=C(C)C(=O)O.CCO.CC[O][Ti][O]C. The number of aliphatic hydroxyl groups is 1. The van der Waals surface area contributed by atoms with Crippen LogP contribution in [0.1, 0.15) is 34.6 Å². The molecule has 10 heteroatoms. The molecule has 4 N–H and O–H groups in total. The Kier molecular flexibility index (Phi) is 38.9. The van der Waals surface area contributed by atoms with E-state index in [9.17, 15) is 14.4 Å². The van der Waals surface area contributed by atoms with Gasteiger partial charge in [0, 0.05) is 23.3 Å². The van der Waals surface area contributed by atoms with Crippen LogP contribution in [0.3, 0.4) is 0 Å². The standard InChI is InChI=1S/3C4H6O2.C2H6O.C2H5O.CH3O.Ti/c3*1-3(2)4(5)6;2*1-2-3;1-2;/h3*1H2,2H3,(H,5,6);3H,2H2,1H3;2H2,1H3;1H3;/q;;;;2*-1;+2. The molecule has 0 aromatic heterocycles. The number of aliphatic hydroxyl groups excluding tert-OH is 1. The first-order valence-corrected chi connectivity index (χ1v) is 8.70.